The lowest BCUT2D eigenvalue weighted by Gasteiger charge is -2.06. The van der Waals surface area contributed by atoms with Crippen LogP contribution in [0.3, 0.4) is 0 Å². The maximum atomic E-state index is 11.1. The molecule has 0 N–H and O–H groups in total. The average molecular weight is 375 g/mol. The molecule has 0 saturated heterocycles. The Morgan fingerprint density at radius 3 is 2.50 bits per heavy atom. The summed E-state index contributed by atoms with van der Waals surface area (Å²) in [5.41, 5.74) is 0.821. The van der Waals surface area contributed by atoms with Crippen molar-refractivity contribution in [2.75, 3.05) is 6.26 Å². The molecule has 0 fully saturated rings. The van der Waals surface area contributed by atoms with E-state index in [0.717, 1.165) is 28.4 Å². The van der Waals surface area contributed by atoms with E-state index in [0.29, 0.717) is 5.15 Å². The van der Waals surface area contributed by atoms with Gasteiger partial charge in [-0.15, -0.1) is 0 Å². The molecule has 4 nitrogen and oxygen atoms in total. The molecule has 1 rings (SSSR count). The Balaban J connectivity index is 3.13. The van der Waals surface area contributed by atoms with Crippen molar-refractivity contribution >= 4 is 44.0 Å². The van der Waals surface area contributed by atoms with E-state index in [9.17, 15) is 8.42 Å². The molecule has 90 valence electrons. The van der Waals surface area contributed by atoms with E-state index in [-0.39, 0.29) is 11.6 Å². The van der Waals surface area contributed by atoms with Crippen molar-refractivity contribution in [3.63, 3.8) is 0 Å². The lowest BCUT2D eigenvalue weighted by atomic mass is 10.2. The molecule has 0 aliphatic rings. The summed E-state index contributed by atoms with van der Waals surface area (Å²) in [5.74, 6) is 0.108. The van der Waals surface area contributed by atoms with Crippen molar-refractivity contribution < 1.29 is 8.42 Å². The summed E-state index contributed by atoms with van der Waals surface area (Å²) in [7, 11) is -3.12. The quantitative estimate of drug-likeness (QED) is 0.599. The first kappa shape index (κ1) is 14.1. The number of aromatic nitrogens is 2. The first-order chi connectivity index (χ1) is 7.33. The predicted molar refractivity (Wildman–Crippen MR) is 72.3 cm³/mol. The fourth-order valence-corrected chi connectivity index (χ4v) is 2.53. The highest BCUT2D eigenvalue weighted by Gasteiger charge is 2.13. The van der Waals surface area contributed by atoms with Crippen molar-refractivity contribution in [1.29, 1.82) is 0 Å². The number of nitrogens with zero attached hydrogens (tertiary/aromatic N) is 2. The minimum absolute atomic E-state index is 0.166. The zero-order valence-corrected chi connectivity index (χ0v) is 12.7. The molecule has 1 aromatic rings. The number of hydrogen-bond donors (Lipinski definition) is 0. The van der Waals surface area contributed by atoms with Gasteiger partial charge < -0.3 is 0 Å². The van der Waals surface area contributed by atoms with Gasteiger partial charge in [0.05, 0.1) is 9.26 Å². The standard InChI is InChI=1S/C9H12ClIN2O2S/c1-3-4-6-8(11)9(10)13-7(12-6)5-16(2,14)15/h3-5H2,1-2H3. The molecule has 7 heteroatoms. The molecule has 0 bridgehead atoms. The molecule has 0 atom stereocenters. The van der Waals surface area contributed by atoms with Crippen LogP contribution in [-0.4, -0.2) is 24.6 Å². The molecule has 1 aromatic heterocycles. The van der Waals surface area contributed by atoms with Crippen LogP contribution in [-0.2, 0) is 22.0 Å². The third-order valence-electron chi connectivity index (χ3n) is 1.80. The van der Waals surface area contributed by atoms with Crippen LogP contribution in [0.25, 0.3) is 0 Å². The normalized spacial score (nSPS) is 11.8. The molecule has 0 amide bonds. The van der Waals surface area contributed by atoms with Gasteiger partial charge >= 0.3 is 0 Å². The van der Waals surface area contributed by atoms with Gasteiger partial charge in [-0.2, -0.15) is 0 Å². The largest absolute Gasteiger partial charge is 0.236 e. The summed E-state index contributed by atoms with van der Waals surface area (Å²) in [6.45, 7) is 2.03. The van der Waals surface area contributed by atoms with E-state index in [1.165, 1.54) is 0 Å². The summed E-state index contributed by atoms with van der Waals surface area (Å²) in [5, 5.41) is 0.331. The maximum Gasteiger partial charge on any atom is 0.154 e. The minimum atomic E-state index is -3.12. The first-order valence-electron chi connectivity index (χ1n) is 4.72. The fourth-order valence-electron chi connectivity index (χ4n) is 1.21. The predicted octanol–water partition coefficient (Wildman–Crippen LogP) is 2.23. The van der Waals surface area contributed by atoms with E-state index in [2.05, 4.69) is 32.6 Å². The monoisotopic (exact) mass is 374 g/mol. The molecule has 16 heavy (non-hydrogen) atoms. The molecule has 0 unspecified atom stereocenters. The van der Waals surface area contributed by atoms with Gasteiger partial charge in [0, 0.05) is 6.26 Å². The van der Waals surface area contributed by atoms with Gasteiger partial charge in [-0.25, -0.2) is 18.4 Å². The highest BCUT2D eigenvalue weighted by molar-refractivity contribution is 14.1. The van der Waals surface area contributed by atoms with Gasteiger partial charge in [-0.1, -0.05) is 24.9 Å². The van der Waals surface area contributed by atoms with Crippen molar-refractivity contribution in [1.82, 2.24) is 9.97 Å². The molecule has 0 saturated carbocycles. The van der Waals surface area contributed by atoms with Crippen LogP contribution in [0.5, 0.6) is 0 Å². The Kier molecular flexibility index (Phi) is 4.93. The third-order valence-corrected chi connectivity index (χ3v) is 4.31. The fraction of sp³-hybridized carbons (Fsp3) is 0.556. The SMILES string of the molecule is CCCc1nc(CS(C)(=O)=O)nc(Cl)c1I. The van der Waals surface area contributed by atoms with E-state index < -0.39 is 9.84 Å². The maximum absolute atomic E-state index is 11.1. The van der Waals surface area contributed by atoms with Crippen LogP contribution in [0.15, 0.2) is 0 Å². The Morgan fingerprint density at radius 2 is 2.00 bits per heavy atom. The van der Waals surface area contributed by atoms with E-state index in [1.807, 2.05) is 6.92 Å². The van der Waals surface area contributed by atoms with E-state index >= 15 is 0 Å². The number of rotatable bonds is 4. The topological polar surface area (TPSA) is 59.9 Å². The number of sulfone groups is 1. The van der Waals surface area contributed by atoms with Gasteiger partial charge in [0.15, 0.2) is 9.84 Å². The van der Waals surface area contributed by atoms with Crippen LogP contribution in [0.2, 0.25) is 5.15 Å². The second-order valence-electron chi connectivity index (χ2n) is 3.51. The molecule has 0 aliphatic heterocycles. The lowest BCUT2D eigenvalue weighted by Crippen LogP contribution is -2.09. The highest BCUT2D eigenvalue weighted by Crippen LogP contribution is 2.20. The summed E-state index contributed by atoms with van der Waals surface area (Å²) < 4.78 is 23.1. The van der Waals surface area contributed by atoms with Gasteiger partial charge in [0.2, 0.25) is 0 Å². The van der Waals surface area contributed by atoms with Crippen LogP contribution in [0.1, 0.15) is 24.9 Å². The summed E-state index contributed by atoms with van der Waals surface area (Å²) in [6, 6.07) is 0. The number of hydrogen-bond acceptors (Lipinski definition) is 4. The van der Waals surface area contributed by atoms with Crippen LogP contribution < -0.4 is 0 Å². The van der Waals surface area contributed by atoms with Crippen molar-refractivity contribution in [2.45, 2.75) is 25.5 Å². The van der Waals surface area contributed by atoms with Gasteiger partial charge in [0.25, 0.3) is 0 Å². The van der Waals surface area contributed by atoms with Crippen molar-refractivity contribution in [3.8, 4) is 0 Å². The molecular weight excluding hydrogens is 363 g/mol. The Morgan fingerprint density at radius 1 is 1.38 bits per heavy atom. The average Bonchev–Trinajstić information content (AvgIpc) is 2.11. The Labute approximate surface area is 114 Å². The van der Waals surface area contributed by atoms with Gasteiger partial charge in [-0.05, 0) is 29.0 Å². The molecule has 1 heterocycles. The van der Waals surface area contributed by atoms with E-state index in [4.69, 9.17) is 11.6 Å². The number of halogens is 2. The summed E-state index contributed by atoms with van der Waals surface area (Å²) in [6.07, 6.45) is 2.86. The summed E-state index contributed by atoms with van der Waals surface area (Å²) >= 11 is 8.01. The molecule has 0 radical (unpaired) electrons. The molecule has 0 aromatic carbocycles. The smallest absolute Gasteiger partial charge is 0.154 e. The minimum Gasteiger partial charge on any atom is -0.236 e. The van der Waals surface area contributed by atoms with Crippen molar-refractivity contribution in [3.05, 3.63) is 20.2 Å². The lowest BCUT2D eigenvalue weighted by molar-refractivity contribution is 0.599. The highest BCUT2D eigenvalue weighted by atomic mass is 127. The van der Waals surface area contributed by atoms with Crippen LogP contribution >= 0.6 is 34.2 Å². The summed E-state index contributed by atoms with van der Waals surface area (Å²) in [4.78, 5) is 8.19. The Bertz CT molecular complexity index is 491. The van der Waals surface area contributed by atoms with E-state index in [1.54, 1.807) is 0 Å². The second-order valence-corrected chi connectivity index (χ2v) is 7.09. The zero-order valence-electron chi connectivity index (χ0n) is 9.00. The van der Waals surface area contributed by atoms with Gasteiger partial charge in [0.1, 0.15) is 16.7 Å². The van der Waals surface area contributed by atoms with Crippen LogP contribution in [0.4, 0.5) is 0 Å². The third kappa shape index (κ3) is 4.14. The van der Waals surface area contributed by atoms with Gasteiger partial charge in [-0.3, -0.25) is 0 Å². The zero-order chi connectivity index (χ0) is 12.3. The van der Waals surface area contributed by atoms with Crippen LogP contribution in [0, 0.1) is 3.57 Å². The second kappa shape index (κ2) is 5.59. The molecule has 0 aliphatic carbocycles. The molecular formula is C9H12ClIN2O2S. The Hall–Kier alpha value is 0.0500. The first-order valence-corrected chi connectivity index (χ1v) is 8.23. The van der Waals surface area contributed by atoms with Crippen molar-refractivity contribution in [2.24, 2.45) is 0 Å². The number of aryl methyl sites for hydroxylation is 1. The molecule has 0 spiro atoms.